The lowest BCUT2D eigenvalue weighted by molar-refractivity contribution is 0.509. The van der Waals surface area contributed by atoms with Gasteiger partial charge in [0.2, 0.25) is 0 Å². The minimum Gasteiger partial charge on any atom is -0.389 e. The fraction of sp³-hybridized carbons (Fsp3) is 0.0714. The molecule has 0 unspecified atom stereocenters. The molecule has 0 bridgehead atoms. The molecule has 0 saturated heterocycles. The van der Waals surface area contributed by atoms with Gasteiger partial charge in [-0.3, -0.25) is 0 Å². The summed E-state index contributed by atoms with van der Waals surface area (Å²) >= 11 is 4.61. The Balaban J connectivity index is 2.21. The molecule has 0 radical (unpaired) electrons. The van der Waals surface area contributed by atoms with Crippen molar-refractivity contribution in [3.8, 4) is 0 Å². The minimum atomic E-state index is -1.11. The molecule has 104 valence electrons. The molecular formula is C14H11F3N2S. The van der Waals surface area contributed by atoms with Crippen LogP contribution in [0, 0.1) is 17.5 Å². The van der Waals surface area contributed by atoms with Crippen LogP contribution in [0.1, 0.15) is 11.1 Å². The average Bonchev–Trinajstić information content (AvgIpc) is 2.41. The van der Waals surface area contributed by atoms with E-state index in [1.807, 2.05) is 0 Å². The van der Waals surface area contributed by atoms with Gasteiger partial charge in [0.05, 0.1) is 5.69 Å². The molecule has 2 nitrogen and oxygen atoms in total. The van der Waals surface area contributed by atoms with E-state index in [2.05, 4.69) is 17.5 Å². The Hall–Kier alpha value is -2.08. The Kier molecular flexibility index (Phi) is 4.24. The molecule has 20 heavy (non-hydrogen) atoms. The Morgan fingerprint density at radius 2 is 1.75 bits per heavy atom. The molecule has 2 aromatic rings. The first kappa shape index (κ1) is 14.3. The second-order valence-electron chi connectivity index (χ2n) is 4.10. The molecule has 2 aromatic carbocycles. The number of thiocarbonyl (C=S) groups is 1. The monoisotopic (exact) mass is 296 g/mol. The summed E-state index contributed by atoms with van der Waals surface area (Å²) in [5.74, 6) is -2.62. The summed E-state index contributed by atoms with van der Waals surface area (Å²) < 4.78 is 40.8. The molecule has 0 spiro atoms. The van der Waals surface area contributed by atoms with Crippen molar-refractivity contribution >= 4 is 22.9 Å². The number of halogens is 3. The second kappa shape index (κ2) is 5.92. The van der Waals surface area contributed by atoms with Gasteiger partial charge in [-0.05, 0) is 18.2 Å². The Labute approximate surface area is 119 Å². The molecule has 3 N–H and O–H groups in total. The van der Waals surface area contributed by atoms with E-state index >= 15 is 0 Å². The Morgan fingerprint density at radius 3 is 2.40 bits per heavy atom. The highest BCUT2D eigenvalue weighted by Gasteiger charge is 2.15. The van der Waals surface area contributed by atoms with Crippen LogP contribution in [-0.2, 0) is 6.54 Å². The number of benzene rings is 2. The van der Waals surface area contributed by atoms with E-state index in [9.17, 15) is 13.2 Å². The molecule has 2 rings (SSSR count). The predicted octanol–water partition coefficient (Wildman–Crippen LogP) is 3.35. The first-order chi connectivity index (χ1) is 9.50. The largest absolute Gasteiger partial charge is 0.389 e. The SMILES string of the molecule is NC(=S)c1ccc(NCc2ccccc2F)c(F)c1F. The van der Waals surface area contributed by atoms with Crippen molar-refractivity contribution in [1.82, 2.24) is 0 Å². The standard InChI is InChI=1S/C14H11F3N2S/c15-10-4-2-1-3-8(10)7-19-11-6-5-9(14(18)20)12(16)13(11)17/h1-6,19H,7H2,(H2,18,20). The molecule has 0 saturated carbocycles. The van der Waals surface area contributed by atoms with Gasteiger partial charge >= 0.3 is 0 Å². The van der Waals surface area contributed by atoms with Crippen LogP contribution in [0.4, 0.5) is 18.9 Å². The lowest BCUT2D eigenvalue weighted by Gasteiger charge is -2.10. The summed E-state index contributed by atoms with van der Waals surface area (Å²) in [5, 5.41) is 2.64. The van der Waals surface area contributed by atoms with E-state index in [0.29, 0.717) is 5.56 Å². The van der Waals surface area contributed by atoms with E-state index in [1.54, 1.807) is 18.2 Å². The van der Waals surface area contributed by atoms with E-state index in [1.165, 1.54) is 18.2 Å². The summed E-state index contributed by atoms with van der Waals surface area (Å²) in [4.78, 5) is -0.220. The zero-order chi connectivity index (χ0) is 14.7. The second-order valence-corrected chi connectivity index (χ2v) is 4.54. The van der Waals surface area contributed by atoms with Crippen LogP contribution in [0.3, 0.4) is 0 Å². The molecule has 0 aliphatic heterocycles. The third kappa shape index (κ3) is 2.91. The highest BCUT2D eigenvalue weighted by molar-refractivity contribution is 7.80. The summed E-state index contributed by atoms with van der Waals surface area (Å²) in [5.41, 5.74) is 5.39. The third-order valence-corrected chi connectivity index (χ3v) is 2.99. The zero-order valence-corrected chi connectivity index (χ0v) is 11.1. The van der Waals surface area contributed by atoms with Crippen molar-refractivity contribution in [1.29, 1.82) is 0 Å². The molecule has 0 fully saturated rings. The molecular weight excluding hydrogens is 285 g/mol. The van der Waals surface area contributed by atoms with E-state index in [0.717, 1.165) is 0 Å². The van der Waals surface area contributed by atoms with Crippen LogP contribution in [0.5, 0.6) is 0 Å². The molecule has 6 heteroatoms. The highest BCUT2D eigenvalue weighted by Crippen LogP contribution is 2.21. The molecule has 0 amide bonds. The van der Waals surface area contributed by atoms with Crippen LogP contribution < -0.4 is 11.1 Å². The van der Waals surface area contributed by atoms with Crippen molar-refractivity contribution in [3.63, 3.8) is 0 Å². The number of hydrogen-bond acceptors (Lipinski definition) is 2. The predicted molar refractivity (Wildman–Crippen MR) is 76.0 cm³/mol. The van der Waals surface area contributed by atoms with Crippen LogP contribution in [-0.4, -0.2) is 4.99 Å². The van der Waals surface area contributed by atoms with Crippen molar-refractivity contribution in [2.45, 2.75) is 6.54 Å². The van der Waals surface area contributed by atoms with Crippen molar-refractivity contribution in [3.05, 3.63) is 65.0 Å². The highest BCUT2D eigenvalue weighted by atomic mass is 32.1. The maximum atomic E-state index is 13.8. The summed E-state index contributed by atoms with van der Waals surface area (Å²) in [6.07, 6.45) is 0. The van der Waals surface area contributed by atoms with Gasteiger partial charge in [-0.2, -0.15) is 0 Å². The number of anilines is 1. The number of nitrogens with two attached hydrogens (primary N) is 1. The molecule has 0 aromatic heterocycles. The lowest BCUT2D eigenvalue weighted by Crippen LogP contribution is -2.14. The van der Waals surface area contributed by atoms with Gasteiger partial charge in [0, 0.05) is 17.7 Å². The normalized spacial score (nSPS) is 10.3. The fourth-order valence-corrected chi connectivity index (χ4v) is 1.87. The van der Waals surface area contributed by atoms with Crippen molar-refractivity contribution in [2.24, 2.45) is 5.73 Å². The summed E-state index contributed by atoms with van der Waals surface area (Å²) in [6, 6.07) is 8.66. The van der Waals surface area contributed by atoms with Crippen LogP contribution >= 0.6 is 12.2 Å². The number of hydrogen-bond donors (Lipinski definition) is 2. The summed E-state index contributed by atoms with van der Waals surface area (Å²) in [6.45, 7) is 0.0372. The van der Waals surface area contributed by atoms with Crippen LogP contribution in [0.15, 0.2) is 36.4 Å². The van der Waals surface area contributed by atoms with E-state index in [-0.39, 0.29) is 22.8 Å². The molecule has 0 aliphatic carbocycles. The third-order valence-electron chi connectivity index (χ3n) is 2.77. The molecule has 0 aliphatic rings. The smallest absolute Gasteiger partial charge is 0.182 e. The van der Waals surface area contributed by atoms with Gasteiger partial charge < -0.3 is 11.1 Å². The van der Waals surface area contributed by atoms with Crippen molar-refractivity contribution < 1.29 is 13.2 Å². The average molecular weight is 296 g/mol. The quantitative estimate of drug-likeness (QED) is 0.850. The van der Waals surface area contributed by atoms with Crippen LogP contribution in [0.25, 0.3) is 0 Å². The fourth-order valence-electron chi connectivity index (χ4n) is 1.71. The van der Waals surface area contributed by atoms with E-state index in [4.69, 9.17) is 5.73 Å². The Bertz CT molecular complexity index is 659. The maximum Gasteiger partial charge on any atom is 0.182 e. The van der Waals surface area contributed by atoms with Crippen molar-refractivity contribution in [2.75, 3.05) is 5.32 Å². The zero-order valence-electron chi connectivity index (χ0n) is 10.3. The van der Waals surface area contributed by atoms with E-state index < -0.39 is 17.5 Å². The number of nitrogens with one attached hydrogen (secondary N) is 1. The Morgan fingerprint density at radius 1 is 1.05 bits per heavy atom. The van der Waals surface area contributed by atoms with Gasteiger partial charge in [0.25, 0.3) is 0 Å². The van der Waals surface area contributed by atoms with Gasteiger partial charge in [-0.15, -0.1) is 0 Å². The van der Waals surface area contributed by atoms with Gasteiger partial charge in [0.15, 0.2) is 11.6 Å². The van der Waals surface area contributed by atoms with Gasteiger partial charge in [-0.25, -0.2) is 13.2 Å². The summed E-state index contributed by atoms with van der Waals surface area (Å²) in [7, 11) is 0. The topological polar surface area (TPSA) is 38.0 Å². The molecule has 0 atom stereocenters. The minimum absolute atomic E-state index is 0.0372. The molecule has 0 heterocycles. The van der Waals surface area contributed by atoms with Gasteiger partial charge in [-0.1, -0.05) is 30.4 Å². The first-order valence-electron chi connectivity index (χ1n) is 5.75. The van der Waals surface area contributed by atoms with Gasteiger partial charge in [0.1, 0.15) is 10.8 Å². The maximum absolute atomic E-state index is 13.8. The number of rotatable bonds is 4. The lowest BCUT2D eigenvalue weighted by atomic mass is 10.1. The van der Waals surface area contributed by atoms with Crippen LogP contribution in [0.2, 0.25) is 0 Å². The first-order valence-corrected chi connectivity index (χ1v) is 6.16.